The fourth-order valence-corrected chi connectivity index (χ4v) is 2.35. The number of rotatable bonds is 5. The lowest BCUT2D eigenvalue weighted by Gasteiger charge is -2.36. The van der Waals surface area contributed by atoms with E-state index in [-0.39, 0.29) is 5.54 Å². The number of carbonyl (C=O) groups is 1. The zero-order chi connectivity index (χ0) is 10.4. The van der Waals surface area contributed by atoms with E-state index in [1.165, 1.54) is 19.3 Å². The van der Waals surface area contributed by atoms with Crippen molar-refractivity contribution in [2.24, 2.45) is 0 Å². The van der Waals surface area contributed by atoms with Gasteiger partial charge in [-0.15, -0.1) is 6.58 Å². The molecule has 1 rings (SSSR count). The van der Waals surface area contributed by atoms with Gasteiger partial charge in [0.1, 0.15) is 5.78 Å². The largest absolute Gasteiger partial charge is 0.314 e. The smallest absolute Gasteiger partial charge is 0.138 e. The summed E-state index contributed by atoms with van der Waals surface area (Å²) in [5.74, 6) is 0.316. The number of hydrogen-bond donors (Lipinski definition) is 1. The van der Waals surface area contributed by atoms with Gasteiger partial charge in [0.2, 0.25) is 0 Å². The lowest BCUT2D eigenvalue weighted by Crippen LogP contribution is -2.46. The summed E-state index contributed by atoms with van der Waals surface area (Å²) in [6.45, 7) is 3.60. The zero-order valence-corrected chi connectivity index (χ0v) is 9.14. The molecule has 0 atom stereocenters. The topological polar surface area (TPSA) is 29.1 Å². The highest BCUT2D eigenvalue weighted by Gasteiger charge is 2.31. The summed E-state index contributed by atoms with van der Waals surface area (Å²) in [5, 5.41) is 3.35. The maximum Gasteiger partial charge on any atom is 0.138 e. The van der Waals surface area contributed by atoms with Crippen LogP contribution >= 0.6 is 0 Å². The Balaban J connectivity index is 2.51. The molecular weight excluding hydrogens is 174 g/mol. The van der Waals surface area contributed by atoms with Crippen molar-refractivity contribution < 1.29 is 4.79 Å². The maximum absolute atomic E-state index is 11.6. The molecule has 1 saturated carbocycles. The first-order valence-corrected chi connectivity index (χ1v) is 5.54. The molecule has 2 nitrogen and oxygen atoms in total. The van der Waals surface area contributed by atoms with Gasteiger partial charge in [-0.1, -0.05) is 25.3 Å². The van der Waals surface area contributed by atoms with Crippen LogP contribution in [0.15, 0.2) is 12.7 Å². The van der Waals surface area contributed by atoms with Gasteiger partial charge in [-0.3, -0.25) is 4.79 Å². The van der Waals surface area contributed by atoms with Gasteiger partial charge in [-0.25, -0.2) is 0 Å². The van der Waals surface area contributed by atoms with E-state index in [2.05, 4.69) is 11.9 Å². The van der Waals surface area contributed by atoms with Crippen LogP contribution in [-0.2, 0) is 4.79 Å². The highest BCUT2D eigenvalue weighted by Crippen LogP contribution is 2.31. The van der Waals surface area contributed by atoms with Crippen molar-refractivity contribution in [2.45, 2.75) is 50.5 Å². The van der Waals surface area contributed by atoms with Crippen molar-refractivity contribution in [1.82, 2.24) is 5.32 Å². The Hall–Kier alpha value is -0.630. The molecule has 0 amide bonds. The lowest BCUT2D eigenvalue weighted by molar-refractivity contribution is -0.120. The monoisotopic (exact) mass is 195 g/mol. The van der Waals surface area contributed by atoms with E-state index in [0.717, 1.165) is 12.8 Å². The van der Waals surface area contributed by atoms with Crippen LogP contribution in [0.3, 0.4) is 0 Å². The molecule has 0 spiro atoms. The van der Waals surface area contributed by atoms with Crippen molar-refractivity contribution in [1.29, 1.82) is 0 Å². The average Bonchev–Trinajstić information content (AvgIpc) is 2.19. The van der Waals surface area contributed by atoms with Crippen LogP contribution in [0.5, 0.6) is 0 Å². The van der Waals surface area contributed by atoms with Crippen LogP contribution in [0.25, 0.3) is 0 Å². The second-order valence-corrected chi connectivity index (χ2v) is 4.30. The van der Waals surface area contributed by atoms with Crippen LogP contribution < -0.4 is 5.32 Å². The molecule has 0 radical (unpaired) electrons. The molecule has 0 saturated heterocycles. The summed E-state index contributed by atoms with van der Waals surface area (Å²) in [4.78, 5) is 11.6. The van der Waals surface area contributed by atoms with Crippen molar-refractivity contribution in [3.8, 4) is 0 Å². The van der Waals surface area contributed by atoms with Crippen molar-refractivity contribution in [3.63, 3.8) is 0 Å². The van der Waals surface area contributed by atoms with Gasteiger partial charge < -0.3 is 5.32 Å². The van der Waals surface area contributed by atoms with Gasteiger partial charge >= 0.3 is 0 Å². The van der Waals surface area contributed by atoms with Crippen molar-refractivity contribution in [3.05, 3.63) is 12.7 Å². The summed E-state index contributed by atoms with van der Waals surface area (Å²) in [7, 11) is 1.98. The molecule has 0 aromatic rings. The third kappa shape index (κ3) is 2.95. The van der Waals surface area contributed by atoms with E-state index in [1.807, 2.05) is 7.05 Å². The maximum atomic E-state index is 11.6. The van der Waals surface area contributed by atoms with Gasteiger partial charge in [0.25, 0.3) is 0 Å². The highest BCUT2D eigenvalue weighted by atomic mass is 16.1. The average molecular weight is 195 g/mol. The number of allylic oxidation sites excluding steroid dienone is 1. The molecule has 0 aromatic heterocycles. The van der Waals surface area contributed by atoms with Crippen LogP contribution in [0, 0.1) is 0 Å². The minimum Gasteiger partial charge on any atom is -0.314 e. The van der Waals surface area contributed by atoms with Gasteiger partial charge in [0.15, 0.2) is 0 Å². The van der Waals surface area contributed by atoms with E-state index in [4.69, 9.17) is 0 Å². The molecule has 0 aromatic carbocycles. The minimum atomic E-state index is 0.0956. The molecule has 0 aliphatic heterocycles. The summed E-state index contributed by atoms with van der Waals surface area (Å²) in [5.41, 5.74) is 0.0956. The first kappa shape index (κ1) is 11.4. The zero-order valence-electron chi connectivity index (χ0n) is 9.14. The summed E-state index contributed by atoms with van der Waals surface area (Å²) >= 11 is 0. The van der Waals surface area contributed by atoms with Crippen LogP contribution in [-0.4, -0.2) is 18.4 Å². The Kier molecular flexibility index (Phi) is 4.33. The van der Waals surface area contributed by atoms with Crippen LogP contribution in [0.4, 0.5) is 0 Å². The van der Waals surface area contributed by atoms with E-state index in [1.54, 1.807) is 6.08 Å². The molecule has 1 aliphatic carbocycles. The fraction of sp³-hybridized carbons (Fsp3) is 0.750. The van der Waals surface area contributed by atoms with E-state index in [0.29, 0.717) is 18.6 Å². The summed E-state index contributed by atoms with van der Waals surface area (Å²) in [6, 6.07) is 0. The van der Waals surface area contributed by atoms with Gasteiger partial charge in [-0.05, 0) is 19.9 Å². The Morgan fingerprint density at radius 3 is 2.57 bits per heavy atom. The Bertz CT molecular complexity index is 204. The van der Waals surface area contributed by atoms with E-state index < -0.39 is 0 Å². The number of hydrogen-bond acceptors (Lipinski definition) is 2. The minimum absolute atomic E-state index is 0.0956. The quantitative estimate of drug-likeness (QED) is 0.683. The second-order valence-electron chi connectivity index (χ2n) is 4.30. The molecule has 0 bridgehead atoms. The number of ketones is 1. The SMILES string of the molecule is C=CCC(=O)CC1(NC)CCCCC1. The van der Waals surface area contributed by atoms with Crippen LogP contribution in [0.2, 0.25) is 0 Å². The third-order valence-corrected chi connectivity index (χ3v) is 3.25. The molecule has 80 valence electrons. The van der Waals surface area contributed by atoms with Gasteiger partial charge in [0, 0.05) is 18.4 Å². The number of nitrogens with one attached hydrogen (secondary N) is 1. The molecule has 2 heteroatoms. The molecular formula is C12H21NO. The van der Waals surface area contributed by atoms with Crippen molar-refractivity contribution in [2.75, 3.05) is 7.05 Å². The first-order chi connectivity index (χ1) is 6.72. The molecule has 0 unspecified atom stereocenters. The van der Waals surface area contributed by atoms with Gasteiger partial charge in [0.05, 0.1) is 0 Å². The third-order valence-electron chi connectivity index (χ3n) is 3.25. The molecule has 1 N–H and O–H groups in total. The molecule has 1 aliphatic rings. The normalized spacial score (nSPS) is 20.4. The van der Waals surface area contributed by atoms with E-state index in [9.17, 15) is 4.79 Å². The van der Waals surface area contributed by atoms with Crippen molar-refractivity contribution >= 4 is 5.78 Å². The number of carbonyl (C=O) groups excluding carboxylic acids is 1. The standard InChI is InChI=1S/C12H21NO/c1-3-7-11(14)10-12(13-2)8-5-4-6-9-12/h3,13H,1,4-10H2,2H3. The number of Topliss-reactive ketones (excluding diaryl/α,β-unsaturated/α-hetero) is 1. The Morgan fingerprint density at radius 2 is 2.07 bits per heavy atom. The second kappa shape index (κ2) is 5.30. The lowest BCUT2D eigenvalue weighted by atomic mass is 9.78. The fourth-order valence-electron chi connectivity index (χ4n) is 2.35. The Morgan fingerprint density at radius 1 is 1.43 bits per heavy atom. The summed E-state index contributed by atoms with van der Waals surface area (Å²) < 4.78 is 0. The first-order valence-electron chi connectivity index (χ1n) is 5.54. The van der Waals surface area contributed by atoms with E-state index >= 15 is 0 Å². The molecule has 0 heterocycles. The molecule has 14 heavy (non-hydrogen) atoms. The summed E-state index contributed by atoms with van der Waals surface area (Å²) in [6.07, 6.45) is 9.01. The molecule has 1 fully saturated rings. The van der Waals surface area contributed by atoms with Gasteiger partial charge in [-0.2, -0.15) is 0 Å². The van der Waals surface area contributed by atoms with Crippen LogP contribution in [0.1, 0.15) is 44.9 Å². The Labute approximate surface area is 86.8 Å². The highest BCUT2D eigenvalue weighted by molar-refractivity contribution is 5.80. The predicted molar refractivity (Wildman–Crippen MR) is 59.3 cm³/mol. The predicted octanol–water partition coefficient (Wildman–Crippen LogP) is 2.44.